The van der Waals surface area contributed by atoms with Crippen LogP contribution in [-0.2, 0) is 23.8 Å². The van der Waals surface area contributed by atoms with Gasteiger partial charge in [-0.1, -0.05) is 10.2 Å². The van der Waals surface area contributed by atoms with Gasteiger partial charge in [-0.25, -0.2) is 0 Å². The third-order valence-electron chi connectivity index (χ3n) is 5.77. The highest BCUT2D eigenvalue weighted by Crippen LogP contribution is 2.37. The number of rotatable bonds is 6. The van der Waals surface area contributed by atoms with Crippen molar-refractivity contribution in [1.29, 1.82) is 0 Å². The third kappa shape index (κ3) is 5.58. The number of nitrogens with one attached hydrogen (secondary N) is 1. The molecule has 3 rings (SSSR count). The minimum absolute atomic E-state index is 0.00255. The van der Waals surface area contributed by atoms with Crippen molar-refractivity contribution < 1.29 is 34.0 Å². The molecular weight excluding hydrogens is 444 g/mol. The van der Waals surface area contributed by atoms with Crippen LogP contribution in [-0.4, -0.2) is 78.7 Å². The first kappa shape index (κ1) is 24.8. The molecule has 0 aromatic heterocycles. The van der Waals surface area contributed by atoms with Crippen LogP contribution in [0.25, 0.3) is 31.3 Å². The standard InChI is InChI=1S/C16H24N10O7/c1-8-16(5-29-7-30-6-20-8)4-10(27)12(22-24-18)15(32-16)31-14-9(21-23-17)2-3-11(13(14)28)33-26-25-19/h3,8-10,12-15,20,27-28H,2,4-7H2,1H3/t8?,9?,10?,12?,13?,14-,15+,16?/m1/s1. The lowest BCUT2D eigenvalue weighted by molar-refractivity contribution is -0.310. The van der Waals surface area contributed by atoms with Crippen molar-refractivity contribution in [3.63, 3.8) is 0 Å². The number of aliphatic hydroxyl groups is 2. The highest BCUT2D eigenvalue weighted by Gasteiger charge is 2.52. The Morgan fingerprint density at radius 3 is 2.70 bits per heavy atom. The molecule has 0 aromatic rings. The molecule has 0 amide bonds. The molecule has 180 valence electrons. The average molecular weight is 468 g/mol. The molecule has 1 spiro atoms. The van der Waals surface area contributed by atoms with Crippen molar-refractivity contribution in [2.45, 2.75) is 68.1 Å². The number of ether oxygens (including phenoxy) is 4. The van der Waals surface area contributed by atoms with E-state index in [0.717, 1.165) is 0 Å². The Balaban J connectivity index is 1.91. The predicted octanol–water partition coefficient (Wildman–Crippen LogP) is 1.41. The van der Waals surface area contributed by atoms with Crippen molar-refractivity contribution >= 4 is 0 Å². The predicted molar refractivity (Wildman–Crippen MR) is 107 cm³/mol. The van der Waals surface area contributed by atoms with Crippen molar-refractivity contribution in [2.24, 2.45) is 15.5 Å². The second-order valence-electron chi connectivity index (χ2n) is 7.68. The topological polar surface area (TPSA) is 245 Å². The van der Waals surface area contributed by atoms with Gasteiger partial charge < -0.3 is 34.0 Å². The van der Waals surface area contributed by atoms with Crippen LogP contribution >= 0.6 is 0 Å². The van der Waals surface area contributed by atoms with Crippen molar-refractivity contribution in [1.82, 2.24) is 5.32 Å². The molecule has 0 bridgehead atoms. The fourth-order valence-corrected chi connectivity index (χ4v) is 4.01. The van der Waals surface area contributed by atoms with Crippen LogP contribution in [0.5, 0.6) is 0 Å². The molecule has 0 saturated carbocycles. The van der Waals surface area contributed by atoms with Crippen LogP contribution in [0.15, 0.2) is 27.3 Å². The Bertz CT molecular complexity index is 872. The fraction of sp³-hybridized carbons (Fsp3) is 0.875. The molecule has 17 nitrogen and oxygen atoms in total. The summed E-state index contributed by atoms with van der Waals surface area (Å²) in [4.78, 5) is 12.9. The molecular formula is C16H24N10O7. The Kier molecular flexibility index (Phi) is 8.55. The van der Waals surface area contributed by atoms with E-state index in [4.69, 9.17) is 40.4 Å². The van der Waals surface area contributed by atoms with Crippen LogP contribution in [0, 0.1) is 0 Å². The van der Waals surface area contributed by atoms with E-state index in [1.807, 2.05) is 6.92 Å². The monoisotopic (exact) mass is 468 g/mol. The maximum absolute atomic E-state index is 10.8. The Labute approximate surface area is 187 Å². The molecule has 0 aromatic carbocycles. The summed E-state index contributed by atoms with van der Waals surface area (Å²) in [6.07, 6.45) is -3.73. The number of hydrogen-bond acceptors (Lipinski definition) is 11. The van der Waals surface area contributed by atoms with Gasteiger partial charge in [-0.05, 0) is 36.0 Å². The molecule has 2 heterocycles. The summed E-state index contributed by atoms with van der Waals surface area (Å²) in [6.45, 7) is 2.01. The van der Waals surface area contributed by atoms with Gasteiger partial charge in [0.2, 0.25) is 0 Å². The van der Waals surface area contributed by atoms with Gasteiger partial charge in [0.15, 0.2) is 6.29 Å². The second-order valence-corrected chi connectivity index (χ2v) is 7.68. The van der Waals surface area contributed by atoms with Crippen LogP contribution in [0.3, 0.4) is 0 Å². The van der Waals surface area contributed by atoms with E-state index in [1.165, 1.54) is 6.08 Å². The summed E-state index contributed by atoms with van der Waals surface area (Å²) in [5.74, 6) is -0.116. The van der Waals surface area contributed by atoms with Gasteiger partial charge in [0.1, 0.15) is 41.7 Å². The zero-order chi connectivity index (χ0) is 23.8. The smallest absolute Gasteiger partial charge is 0.170 e. The molecule has 2 saturated heterocycles. The van der Waals surface area contributed by atoms with E-state index in [9.17, 15) is 10.2 Å². The van der Waals surface area contributed by atoms with E-state index in [2.05, 4.69) is 35.6 Å². The SMILES string of the molecule is CC1NCOCOCC12CC(O)C(N=[N+]=[N-])[C@@H](O[C@@H]1C(N=[N+]=[N-])CC=C(ON=[N+]=[N-])C1O)O2. The minimum Gasteiger partial charge on any atom is -0.396 e. The lowest BCUT2D eigenvalue weighted by Crippen LogP contribution is -2.65. The van der Waals surface area contributed by atoms with Gasteiger partial charge in [-0.15, -0.1) is 0 Å². The lowest BCUT2D eigenvalue weighted by atomic mass is 9.84. The molecule has 8 atom stereocenters. The molecule has 1 aliphatic carbocycles. The highest BCUT2D eigenvalue weighted by atomic mass is 16.7. The Morgan fingerprint density at radius 2 is 1.97 bits per heavy atom. The highest BCUT2D eigenvalue weighted by molar-refractivity contribution is 5.13. The summed E-state index contributed by atoms with van der Waals surface area (Å²) in [6, 6.07) is -2.45. The van der Waals surface area contributed by atoms with Gasteiger partial charge in [0.05, 0.1) is 25.5 Å². The molecule has 0 radical (unpaired) electrons. The van der Waals surface area contributed by atoms with Gasteiger partial charge >= 0.3 is 0 Å². The van der Waals surface area contributed by atoms with Crippen LogP contribution in [0.2, 0.25) is 0 Å². The van der Waals surface area contributed by atoms with Crippen molar-refractivity contribution in [3.05, 3.63) is 43.2 Å². The fourth-order valence-electron chi connectivity index (χ4n) is 4.01. The lowest BCUT2D eigenvalue weighted by Gasteiger charge is -2.50. The summed E-state index contributed by atoms with van der Waals surface area (Å²) in [7, 11) is 0. The number of hydrogen-bond donors (Lipinski definition) is 3. The summed E-state index contributed by atoms with van der Waals surface area (Å²) in [5, 5.41) is 34.9. The van der Waals surface area contributed by atoms with E-state index in [1.54, 1.807) is 0 Å². The number of aliphatic hydroxyl groups excluding tert-OH is 2. The van der Waals surface area contributed by atoms with E-state index in [0.29, 0.717) is 0 Å². The summed E-state index contributed by atoms with van der Waals surface area (Å²) >= 11 is 0. The molecule has 6 unspecified atom stereocenters. The van der Waals surface area contributed by atoms with E-state index in [-0.39, 0.29) is 44.8 Å². The maximum atomic E-state index is 10.8. The molecule has 33 heavy (non-hydrogen) atoms. The van der Waals surface area contributed by atoms with Gasteiger partial charge in [-0.3, -0.25) is 5.32 Å². The maximum Gasteiger partial charge on any atom is 0.170 e. The second kappa shape index (κ2) is 11.4. The minimum atomic E-state index is -1.51. The van der Waals surface area contributed by atoms with Gasteiger partial charge in [-0.2, -0.15) is 0 Å². The normalized spacial score (nSPS) is 39.0. The number of azide groups is 3. The largest absolute Gasteiger partial charge is 0.396 e. The van der Waals surface area contributed by atoms with Crippen LogP contribution in [0.4, 0.5) is 0 Å². The zero-order valence-corrected chi connectivity index (χ0v) is 17.6. The Morgan fingerprint density at radius 1 is 1.18 bits per heavy atom. The molecule has 3 aliphatic rings. The Hall–Kier alpha value is -2.81. The summed E-state index contributed by atoms with van der Waals surface area (Å²) in [5.41, 5.74) is 25.3. The van der Waals surface area contributed by atoms with Crippen LogP contribution < -0.4 is 5.32 Å². The summed E-state index contributed by atoms with van der Waals surface area (Å²) < 4.78 is 22.9. The van der Waals surface area contributed by atoms with Gasteiger partial charge in [0, 0.05) is 27.2 Å². The first-order valence-electron chi connectivity index (χ1n) is 10.0. The van der Waals surface area contributed by atoms with Crippen molar-refractivity contribution in [3.8, 4) is 0 Å². The molecule has 17 heteroatoms. The first-order valence-corrected chi connectivity index (χ1v) is 10.0. The van der Waals surface area contributed by atoms with Crippen LogP contribution in [0.1, 0.15) is 19.8 Å². The first-order chi connectivity index (χ1) is 16.0. The molecule has 2 aliphatic heterocycles. The number of nitrogens with zero attached hydrogens (tertiary/aromatic N) is 9. The zero-order valence-electron chi connectivity index (χ0n) is 17.6. The molecule has 2 fully saturated rings. The van der Waals surface area contributed by atoms with E-state index >= 15 is 0 Å². The third-order valence-corrected chi connectivity index (χ3v) is 5.77. The van der Waals surface area contributed by atoms with Crippen molar-refractivity contribution in [2.75, 3.05) is 20.1 Å². The van der Waals surface area contributed by atoms with Gasteiger partial charge in [0.25, 0.3) is 0 Å². The molecule has 3 N–H and O–H groups in total. The van der Waals surface area contributed by atoms with E-state index < -0.39 is 42.3 Å². The quantitative estimate of drug-likeness (QED) is 0.222. The average Bonchev–Trinajstić information content (AvgIpc) is 2.79.